The van der Waals surface area contributed by atoms with E-state index in [4.69, 9.17) is 0 Å². The number of rotatable bonds is 7. The smallest absolute Gasteiger partial charge is 0.221 e. The van der Waals surface area contributed by atoms with Crippen LogP contribution < -0.4 is 10.6 Å². The molecule has 0 bridgehead atoms. The van der Waals surface area contributed by atoms with Crippen LogP contribution in [0.5, 0.6) is 0 Å². The Morgan fingerprint density at radius 1 is 1.27 bits per heavy atom. The zero-order valence-electron chi connectivity index (χ0n) is 13.3. The Labute approximate surface area is 130 Å². The normalized spacial score (nSPS) is 10.5. The number of anilines is 1. The number of carbonyl (C=O) groups is 1. The molecule has 0 spiro atoms. The highest BCUT2D eigenvalue weighted by Gasteiger charge is 2.07. The van der Waals surface area contributed by atoms with Crippen molar-refractivity contribution in [3.05, 3.63) is 29.8 Å². The molecular weight excluding hydrogens is 280 g/mol. The van der Waals surface area contributed by atoms with Gasteiger partial charge in [0.25, 0.3) is 0 Å². The van der Waals surface area contributed by atoms with Crippen LogP contribution in [-0.4, -0.2) is 38.7 Å². The van der Waals surface area contributed by atoms with Gasteiger partial charge in [-0.1, -0.05) is 6.92 Å². The van der Waals surface area contributed by atoms with Gasteiger partial charge in [0.15, 0.2) is 5.82 Å². The Kier molecular flexibility index (Phi) is 5.46. The Morgan fingerprint density at radius 2 is 2.09 bits per heavy atom. The zero-order chi connectivity index (χ0) is 15.9. The monoisotopic (exact) mass is 302 g/mol. The lowest BCUT2D eigenvalue weighted by molar-refractivity contribution is -0.120. The quantitative estimate of drug-likeness (QED) is 0.811. The molecule has 0 saturated heterocycles. The van der Waals surface area contributed by atoms with Crippen LogP contribution in [0.4, 0.5) is 5.82 Å². The summed E-state index contributed by atoms with van der Waals surface area (Å²) in [6.45, 7) is 7.17. The molecule has 2 N–H and O–H groups in total. The molecule has 22 heavy (non-hydrogen) atoms. The average molecular weight is 302 g/mol. The second-order valence-corrected chi connectivity index (χ2v) is 5.13. The SMILES string of the molecule is CCCNC(=O)CCNc1cncc(-n2nc(C)cc2C)n1. The number of aromatic nitrogens is 4. The van der Waals surface area contributed by atoms with Crippen LogP contribution in [-0.2, 0) is 4.79 Å². The average Bonchev–Trinajstić information content (AvgIpc) is 2.84. The molecule has 0 aromatic carbocycles. The molecule has 2 aromatic rings. The van der Waals surface area contributed by atoms with Crippen molar-refractivity contribution in [2.24, 2.45) is 0 Å². The van der Waals surface area contributed by atoms with Crippen molar-refractivity contribution in [3.8, 4) is 5.82 Å². The molecule has 7 nitrogen and oxygen atoms in total. The van der Waals surface area contributed by atoms with Crippen molar-refractivity contribution >= 4 is 11.7 Å². The molecular formula is C15H22N6O. The molecule has 0 aliphatic heterocycles. The molecule has 1 amide bonds. The summed E-state index contributed by atoms with van der Waals surface area (Å²) in [5.74, 6) is 1.33. The Balaban J connectivity index is 1.95. The Hall–Kier alpha value is -2.44. The van der Waals surface area contributed by atoms with Crippen molar-refractivity contribution in [1.29, 1.82) is 0 Å². The maximum absolute atomic E-state index is 11.5. The number of nitrogens with one attached hydrogen (secondary N) is 2. The van der Waals surface area contributed by atoms with Crippen LogP contribution in [0.15, 0.2) is 18.5 Å². The van der Waals surface area contributed by atoms with Crippen molar-refractivity contribution in [3.63, 3.8) is 0 Å². The van der Waals surface area contributed by atoms with E-state index >= 15 is 0 Å². The highest BCUT2D eigenvalue weighted by atomic mass is 16.1. The third kappa shape index (κ3) is 4.28. The maximum Gasteiger partial charge on any atom is 0.221 e. The molecule has 0 radical (unpaired) electrons. The van der Waals surface area contributed by atoms with E-state index in [1.54, 1.807) is 17.1 Å². The topological polar surface area (TPSA) is 84.7 Å². The van der Waals surface area contributed by atoms with Gasteiger partial charge in [-0.25, -0.2) is 9.67 Å². The largest absolute Gasteiger partial charge is 0.368 e. The van der Waals surface area contributed by atoms with Gasteiger partial charge in [0.2, 0.25) is 5.91 Å². The van der Waals surface area contributed by atoms with Gasteiger partial charge in [-0.15, -0.1) is 0 Å². The number of carbonyl (C=O) groups excluding carboxylic acids is 1. The molecule has 2 aromatic heterocycles. The minimum atomic E-state index is 0.0389. The Morgan fingerprint density at radius 3 is 2.77 bits per heavy atom. The van der Waals surface area contributed by atoms with Gasteiger partial charge in [-0.3, -0.25) is 9.78 Å². The third-order valence-electron chi connectivity index (χ3n) is 3.08. The number of hydrogen-bond donors (Lipinski definition) is 2. The minimum Gasteiger partial charge on any atom is -0.368 e. The minimum absolute atomic E-state index is 0.0389. The summed E-state index contributed by atoms with van der Waals surface area (Å²) in [6.07, 6.45) is 4.65. The van der Waals surface area contributed by atoms with E-state index in [1.165, 1.54) is 0 Å². The molecule has 2 rings (SSSR count). The number of amides is 1. The summed E-state index contributed by atoms with van der Waals surface area (Å²) in [5, 5.41) is 10.3. The summed E-state index contributed by atoms with van der Waals surface area (Å²) >= 11 is 0. The van der Waals surface area contributed by atoms with E-state index in [9.17, 15) is 4.79 Å². The third-order valence-corrected chi connectivity index (χ3v) is 3.08. The van der Waals surface area contributed by atoms with Gasteiger partial charge < -0.3 is 10.6 Å². The van der Waals surface area contributed by atoms with Crippen molar-refractivity contribution in [1.82, 2.24) is 25.1 Å². The van der Waals surface area contributed by atoms with Crippen LogP contribution in [0.25, 0.3) is 5.82 Å². The number of nitrogens with zero attached hydrogens (tertiary/aromatic N) is 4. The second kappa shape index (κ2) is 7.53. The van der Waals surface area contributed by atoms with Crippen LogP contribution in [0.1, 0.15) is 31.2 Å². The first kappa shape index (κ1) is 15.9. The van der Waals surface area contributed by atoms with Gasteiger partial charge in [0.05, 0.1) is 18.1 Å². The number of hydrogen-bond acceptors (Lipinski definition) is 5. The molecule has 0 atom stereocenters. The second-order valence-electron chi connectivity index (χ2n) is 5.13. The lowest BCUT2D eigenvalue weighted by Crippen LogP contribution is -2.26. The first-order valence-corrected chi connectivity index (χ1v) is 7.46. The van der Waals surface area contributed by atoms with Crippen LogP contribution >= 0.6 is 0 Å². The molecule has 118 valence electrons. The van der Waals surface area contributed by atoms with Gasteiger partial charge in [-0.05, 0) is 26.3 Å². The van der Waals surface area contributed by atoms with Crippen molar-refractivity contribution in [2.45, 2.75) is 33.6 Å². The van der Waals surface area contributed by atoms with E-state index in [-0.39, 0.29) is 5.91 Å². The molecule has 0 unspecified atom stereocenters. The summed E-state index contributed by atoms with van der Waals surface area (Å²) in [5.41, 5.74) is 1.94. The molecule has 7 heteroatoms. The van der Waals surface area contributed by atoms with Gasteiger partial charge >= 0.3 is 0 Å². The van der Waals surface area contributed by atoms with Crippen LogP contribution in [0.2, 0.25) is 0 Å². The highest BCUT2D eigenvalue weighted by Crippen LogP contribution is 2.10. The van der Waals surface area contributed by atoms with E-state index < -0.39 is 0 Å². The fraction of sp³-hybridized carbons (Fsp3) is 0.467. The lowest BCUT2D eigenvalue weighted by Gasteiger charge is -2.08. The van der Waals surface area contributed by atoms with Crippen molar-refractivity contribution < 1.29 is 4.79 Å². The number of aryl methyl sites for hydroxylation is 2. The van der Waals surface area contributed by atoms with E-state index in [2.05, 4.69) is 25.7 Å². The van der Waals surface area contributed by atoms with E-state index in [1.807, 2.05) is 26.8 Å². The van der Waals surface area contributed by atoms with Crippen LogP contribution in [0, 0.1) is 13.8 Å². The highest BCUT2D eigenvalue weighted by molar-refractivity contribution is 5.76. The molecule has 2 heterocycles. The standard InChI is InChI=1S/C15H22N6O/c1-4-6-18-15(22)5-7-17-13-9-16-10-14(19-13)21-12(3)8-11(2)20-21/h8-10H,4-7H2,1-3H3,(H,17,19)(H,18,22). The zero-order valence-corrected chi connectivity index (χ0v) is 13.3. The predicted molar refractivity (Wildman–Crippen MR) is 85.0 cm³/mol. The van der Waals surface area contributed by atoms with Gasteiger partial charge in [0.1, 0.15) is 5.82 Å². The summed E-state index contributed by atoms with van der Waals surface area (Å²) < 4.78 is 1.75. The van der Waals surface area contributed by atoms with E-state index in [0.717, 1.165) is 17.8 Å². The summed E-state index contributed by atoms with van der Waals surface area (Å²) in [4.78, 5) is 20.2. The maximum atomic E-state index is 11.5. The van der Waals surface area contributed by atoms with Crippen LogP contribution in [0.3, 0.4) is 0 Å². The van der Waals surface area contributed by atoms with Gasteiger partial charge in [0, 0.05) is 25.2 Å². The molecule has 0 saturated carbocycles. The first-order valence-electron chi connectivity index (χ1n) is 7.46. The first-order chi connectivity index (χ1) is 10.6. The molecule has 0 aliphatic rings. The fourth-order valence-electron chi connectivity index (χ4n) is 2.06. The van der Waals surface area contributed by atoms with Gasteiger partial charge in [-0.2, -0.15) is 5.10 Å². The molecule has 0 aliphatic carbocycles. The summed E-state index contributed by atoms with van der Waals surface area (Å²) in [7, 11) is 0. The lowest BCUT2D eigenvalue weighted by atomic mass is 10.3. The fourth-order valence-corrected chi connectivity index (χ4v) is 2.06. The van der Waals surface area contributed by atoms with E-state index in [0.29, 0.717) is 31.1 Å². The predicted octanol–water partition coefficient (Wildman–Crippen LogP) is 1.61. The molecule has 0 fully saturated rings. The Bertz CT molecular complexity index is 637. The van der Waals surface area contributed by atoms with Crippen molar-refractivity contribution in [2.75, 3.05) is 18.4 Å². The summed E-state index contributed by atoms with van der Waals surface area (Å²) in [6, 6.07) is 1.99.